The van der Waals surface area contributed by atoms with Crippen molar-refractivity contribution in [3.8, 4) is 11.4 Å². The molecular formula is C22H27FN6O2. The van der Waals surface area contributed by atoms with Gasteiger partial charge in [-0.15, -0.1) is 0 Å². The number of aromatic nitrogens is 4. The third-order valence-electron chi connectivity index (χ3n) is 5.54. The first-order valence-corrected chi connectivity index (χ1v) is 10.8. The average molecular weight is 426 g/mol. The number of halogens is 1. The third kappa shape index (κ3) is 4.92. The Morgan fingerprint density at radius 2 is 2.26 bits per heavy atom. The van der Waals surface area contributed by atoms with Crippen molar-refractivity contribution < 1.29 is 13.7 Å². The summed E-state index contributed by atoms with van der Waals surface area (Å²) >= 11 is 0. The van der Waals surface area contributed by atoms with Gasteiger partial charge >= 0.3 is 0 Å². The van der Waals surface area contributed by atoms with E-state index in [1.807, 2.05) is 22.6 Å². The zero-order valence-corrected chi connectivity index (χ0v) is 17.6. The maximum absolute atomic E-state index is 15.0. The van der Waals surface area contributed by atoms with Crippen LogP contribution in [0.5, 0.6) is 0 Å². The first-order chi connectivity index (χ1) is 15.2. The summed E-state index contributed by atoms with van der Waals surface area (Å²) in [7, 11) is 0. The number of imidazole rings is 1. The van der Waals surface area contributed by atoms with E-state index in [4.69, 9.17) is 4.52 Å². The number of carbonyl (C=O) groups is 1. The van der Waals surface area contributed by atoms with Crippen molar-refractivity contribution in [1.82, 2.24) is 25.0 Å². The monoisotopic (exact) mass is 426 g/mol. The van der Waals surface area contributed by atoms with Crippen molar-refractivity contribution in [3.05, 3.63) is 48.6 Å². The fourth-order valence-corrected chi connectivity index (χ4v) is 3.90. The van der Waals surface area contributed by atoms with Crippen molar-refractivity contribution in [1.29, 1.82) is 0 Å². The topological polar surface area (TPSA) is 89.1 Å². The Balaban J connectivity index is 1.42. The maximum Gasteiger partial charge on any atom is 0.242 e. The minimum atomic E-state index is -0.389. The second-order valence-electron chi connectivity index (χ2n) is 7.68. The number of piperidine rings is 1. The molecule has 1 aromatic carbocycles. The Morgan fingerprint density at radius 3 is 3.00 bits per heavy atom. The minimum Gasteiger partial charge on any atom is -0.357 e. The smallest absolute Gasteiger partial charge is 0.242 e. The molecule has 0 radical (unpaired) electrons. The number of rotatable bonds is 8. The van der Waals surface area contributed by atoms with E-state index in [-0.39, 0.29) is 17.8 Å². The molecule has 0 bridgehead atoms. The molecule has 164 valence electrons. The Morgan fingerprint density at radius 1 is 1.35 bits per heavy atom. The van der Waals surface area contributed by atoms with Gasteiger partial charge in [-0.3, -0.25) is 4.79 Å². The van der Waals surface area contributed by atoms with E-state index in [9.17, 15) is 4.79 Å². The molecule has 1 aliphatic rings. The van der Waals surface area contributed by atoms with Gasteiger partial charge in [0.2, 0.25) is 17.6 Å². The van der Waals surface area contributed by atoms with Gasteiger partial charge in [-0.05, 0) is 43.9 Å². The van der Waals surface area contributed by atoms with Gasteiger partial charge in [0.05, 0.1) is 12.0 Å². The summed E-state index contributed by atoms with van der Waals surface area (Å²) in [5, 5.41) is 6.92. The number of nitrogens with one attached hydrogen (secondary N) is 1. The lowest BCUT2D eigenvalue weighted by atomic mass is 9.99. The van der Waals surface area contributed by atoms with Crippen LogP contribution < -0.4 is 10.2 Å². The van der Waals surface area contributed by atoms with E-state index < -0.39 is 0 Å². The number of aryl methyl sites for hydroxylation is 2. The summed E-state index contributed by atoms with van der Waals surface area (Å²) in [5.41, 5.74) is 0.989. The maximum atomic E-state index is 15.0. The first kappa shape index (κ1) is 21.0. The molecule has 0 saturated carbocycles. The normalized spacial score (nSPS) is 16.5. The van der Waals surface area contributed by atoms with Gasteiger partial charge in [-0.1, -0.05) is 12.1 Å². The molecule has 1 fully saturated rings. The Bertz CT molecular complexity index is 1000. The highest BCUT2D eigenvalue weighted by Crippen LogP contribution is 2.30. The van der Waals surface area contributed by atoms with Crippen LogP contribution in [0.2, 0.25) is 0 Å². The number of nitrogens with zero attached hydrogens (tertiary/aromatic N) is 5. The van der Waals surface area contributed by atoms with Crippen molar-refractivity contribution >= 4 is 11.6 Å². The van der Waals surface area contributed by atoms with Crippen LogP contribution in [0.15, 0.2) is 41.4 Å². The van der Waals surface area contributed by atoms with Crippen molar-refractivity contribution in [2.24, 2.45) is 0 Å². The quantitative estimate of drug-likeness (QED) is 0.557. The van der Waals surface area contributed by atoms with Gasteiger partial charge < -0.3 is 19.3 Å². The summed E-state index contributed by atoms with van der Waals surface area (Å²) in [6, 6.07) is 4.52. The Hall–Kier alpha value is -3.23. The van der Waals surface area contributed by atoms with Gasteiger partial charge in [-0.2, -0.15) is 4.98 Å². The van der Waals surface area contributed by atoms with Crippen LogP contribution in [-0.4, -0.2) is 44.7 Å². The molecule has 31 heavy (non-hydrogen) atoms. The molecule has 3 aromatic rings. The van der Waals surface area contributed by atoms with E-state index in [2.05, 4.69) is 20.4 Å². The summed E-state index contributed by atoms with van der Waals surface area (Å²) in [6.07, 6.45) is 9.41. The zero-order valence-electron chi connectivity index (χ0n) is 17.6. The zero-order chi connectivity index (χ0) is 21.6. The van der Waals surface area contributed by atoms with Gasteiger partial charge in [0.25, 0.3) is 0 Å². The van der Waals surface area contributed by atoms with E-state index in [0.717, 1.165) is 25.8 Å². The van der Waals surface area contributed by atoms with Crippen LogP contribution >= 0.6 is 0 Å². The average Bonchev–Trinajstić information content (AvgIpc) is 3.48. The van der Waals surface area contributed by atoms with Crippen LogP contribution in [0, 0.1) is 5.82 Å². The van der Waals surface area contributed by atoms with Crippen LogP contribution in [0.3, 0.4) is 0 Å². The fraction of sp³-hybridized carbons (Fsp3) is 0.455. The summed E-state index contributed by atoms with van der Waals surface area (Å²) in [4.78, 5) is 23.0. The molecule has 4 rings (SSSR count). The molecule has 1 amide bonds. The van der Waals surface area contributed by atoms with E-state index in [1.54, 1.807) is 24.7 Å². The summed E-state index contributed by atoms with van der Waals surface area (Å²) in [6.45, 7) is 3.92. The number of hydrogen-bond donors (Lipinski definition) is 1. The van der Waals surface area contributed by atoms with Gasteiger partial charge in [-0.25, -0.2) is 9.37 Å². The summed E-state index contributed by atoms with van der Waals surface area (Å²) < 4.78 is 22.1. The number of benzene rings is 1. The highest BCUT2D eigenvalue weighted by molar-refractivity contribution is 5.85. The van der Waals surface area contributed by atoms with Gasteiger partial charge in [0.15, 0.2) is 0 Å². The molecular weight excluding hydrogens is 399 g/mol. The first-order valence-electron chi connectivity index (χ1n) is 10.8. The van der Waals surface area contributed by atoms with Crippen LogP contribution in [0.25, 0.3) is 11.4 Å². The summed E-state index contributed by atoms with van der Waals surface area (Å²) in [5.74, 6) is 0.438. The highest BCUT2D eigenvalue weighted by atomic mass is 19.1. The predicted octanol–water partition coefficient (Wildman–Crippen LogP) is 3.20. The standard InChI is InChI=1S/C22H27FN6O2/c1-2-20-26-21(27-31-20)16-7-8-18(17(23)14-16)29-12-4-3-6-19(29)22(30)25-9-5-11-28-13-10-24-15-28/h7-8,10,13-15,19H,2-6,9,11-12H2,1H3,(H,25,30). The molecule has 9 heteroatoms. The lowest BCUT2D eigenvalue weighted by Gasteiger charge is -2.36. The Kier molecular flexibility index (Phi) is 6.59. The van der Waals surface area contributed by atoms with E-state index in [1.165, 1.54) is 6.07 Å². The van der Waals surface area contributed by atoms with Crippen molar-refractivity contribution in [2.45, 2.75) is 51.6 Å². The van der Waals surface area contributed by atoms with Crippen molar-refractivity contribution in [2.75, 3.05) is 18.0 Å². The highest BCUT2D eigenvalue weighted by Gasteiger charge is 2.30. The van der Waals surface area contributed by atoms with E-state index in [0.29, 0.717) is 48.9 Å². The minimum absolute atomic E-state index is 0.0560. The number of carbonyl (C=O) groups excluding carboxylic acids is 1. The lowest BCUT2D eigenvalue weighted by Crippen LogP contribution is -2.50. The molecule has 1 N–H and O–H groups in total. The second-order valence-corrected chi connectivity index (χ2v) is 7.68. The fourth-order valence-electron chi connectivity index (χ4n) is 3.90. The van der Waals surface area contributed by atoms with E-state index >= 15 is 4.39 Å². The van der Waals surface area contributed by atoms with Crippen LogP contribution in [-0.2, 0) is 17.8 Å². The third-order valence-corrected chi connectivity index (χ3v) is 5.54. The molecule has 0 spiro atoms. The number of anilines is 1. The molecule has 1 aliphatic heterocycles. The molecule has 1 atom stereocenters. The molecule has 1 saturated heterocycles. The van der Waals surface area contributed by atoms with Crippen LogP contribution in [0.4, 0.5) is 10.1 Å². The largest absolute Gasteiger partial charge is 0.357 e. The second kappa shape index (κ2) is 9.72. The van der Waals surface area contributed by atoms with Gasteiger partial charge in [0, 0.05) is 44.0 Å². The van der Waals surface area contributed by atoms with Crippen molar-refractivity contribution in [3.63, 3.8) is 0 Å². The molecule has 0 aliphatic carbocycles. The number of hydrogen-bond acceptors (Lipinski definition) is 6. The predicted molar refractivity (Wildman–Crippen MR) is 114 cm³/mol. The van der Waals surface area contributed by atoms with Gasteiger partial charge in [0.1, 0.15) is 11.9 Å². The molecule has 1 unspecified atom stereocenters. The SMILES string of the molecule is CCc1nc(-c2ccc(N3CCCCC3C(=O)NCCCn3ccnc3)c(F)c2)no1. The molecule has 2 aromatic heterocycles. The molecule has 8 nitrogen and oxygen atoms in total. The number of amides is 1. The lowest BCUT2D eigenvalue weighted by molar-refractivity contribution is -0.122. The van der Waals surface area contributed by atoms with Crippen LogP contribution in [0.1, 0.15) is 38.5 Å². The molecule has 3 heterocycles. The Labute approximate surface area is 180 Å².